The van der Waals surface area contributed by atoms with Crippen LogP contribution < -0.4 is 10.1 Å². The number of methoxy groups -OCH3 is 1. The maximum absolute atomic E-state index is 12.2. The van der Waals surface area contributed by atoms with E-state index in [-0.39, 0.29) is 18.4 Å². The van der Waals surface area contributed by atoms with Gasteiger partial charge in [-0.3, -0.25) is 4.79 Å². The van der Waals surface area contributed by atoms with Crippen molar-refractivity contribution in [3.8, 4) is 5.75 Å². The first-order valence-corrected chi connectivity index (χ1v) is 9.69. The number of hydrogen-bond acceptors (Lipinski definition) is 4. The highest BCUT2D eigenvalue weighted by Gasteiger charge is 2.27. The van der Waals surface area contributed by atoms with E-state index in [0.29, 0.717) is 49.1 Å². The highest BCUT2D eigenvalue weighted by atomic mass is 35.5. The van der Waals surface area contributed by atoms with Crippen molar-refractivity contribution in [3.63, 3.8) is 0 Å². The van der Waals surface area contributed by atoms with Crippen molar-refractivity contribution in [1.29, 1.82) is 0 Å². The summed E-state index contributed by atoms with van der Waals surface area (Å²) in [5, 5.41) is 3.07. The number of rotatable bonds is 9. The van der Waals surface area contributed by atoms with Crippen molar-refractivity contribution < 1.29 is 27.4 Å². The van der Waals surface area contributed by atoms with E-state index in [1.807, 2.05) is 4.90 Å². The van der Waals surface area contributed by atoms with Crippen molar-refractivity contribution in [2.75, 3.05) is 39.9 Å². The van der Waals surface area contributed by atoms with E-state index >= 15 is 0 Å². The fourth-order valence-corrected chi connectivity index (χ4v) is 3.26. The molecule has 1 heterocycles. The van der Waals surface area contributed by atoms with Gasteiger partial charge in [0.05, 0.1) is 11.6 Å². The molecule has 1 aliphatic heterocycles. The third kappa shape index (κ3) is 7.85. The smallest absolute Gasteiger partial charge is 0.389 e. The number of amides is 1. The summed E-state index contributed by atoms with van der Waals surface area (Å²) in [5.41, 5.74) is 0.438. The van der Waals surface area contributed by atoms with Gasteiger partial charge in [-0.2, -0.15) is 13.2 Å². The Kier molecular flexibility index (Phi) is 8.85. The quantitative estimate of drug-likeness (QED) is 0.613. The predicted octanol–water partition coefficient (Wildman–Crippen LogP) is 3.90. The number of nitrogens with zero attached hydrogens (tertiary/aromatic N) is 1. The molecule has 28 heavy (non-hydrogen) atoms. The molecule has 1 fully saturated rings. The first-order chi connectivity index (χ1) is 13.3. The minimum Gasteiger partial charge on any atom is -0.489 e. The summed E-state index contributed by atoms with van der Waals surface area (Å²) in [4.78, 5) is 14.0. The summed E-state index contributed by atoms with van der Waals surface area (Å²) in [7, 11) is 1.56. The Bertz CT molecular complexity index is 635. The van der Waals surface area contributed by atoms with Crippen molar-refractivity contribution in [3.05, 3.63) is 28.8 Å². The zero-order valence-electron chi connectivity index (χ0n) is 15.9. The Morgan fingerprint density at radius 1 is 1.32 bits per heavy atom. The van der Waals surface area contributed by atoms with Crippen molar-refractivity contribution >= 4 is 17.5 Å². The van der Waals surface area contributed by atoms with Crippen LogP contribution in [0.25, 0.3) is 0 Å². The second-order valence-electron chi connectivity index (χ2n) is 6.77. The minimum absolute atomic E-state index is 0.0438. The highest BCUT2D eigenvalue weighted by molar-refractivity contribution is 6.32. The molecule has 1 saturated heterocycles. The molecule has 0 atom stereocenters. The van der Waals surface area contributed by atoms with Crippen LogP contribution in [0.2, 0.25) is 5.02 Å². The van der Waals surface area contributed by atoms with Gasteiger partial charge in [0.15, 0.2) is 0 Å². The molecule has 0 spiro atoms. The monoisotopic (exact) mass is 422 g/mol. The number of piperidine rings is 1. The molecule has 1 aromatic carbocycles. The maximum atomic E-state index is 12.2. The third-order valence-corrected chi connectivity index (χ3v) is 4.84. The number of halogens is 4. The van der Waals surface area contributed by atoms with Crippen molar-refractivity contribution in [1.82, 2.24) is 10.2 Å². The lowest BCUT2D eigenvalue weighted by Crippen LogP contribution is -2.39. The molecule has 1 N–H and O–H groups in total. The number of alkyl halides is 3. The Labute approximate surface area is 168 Å². The number of ether oxygens (including phenoxy) is 2. The molecule has 9 heteroatoms. The van der Waals surface area contributed by atoms with Gasteiger partial charge in [0.1, 0.15) is 11.9 Å². The summed E-state index contributed by atoms with van der Waals surface area (Å²) >= 11 is 6.25. The van der Waals surface area contributed by atoms with E-state index in [2.05, 4.69) is 5.32 Å². The molecule has 0 bridgehead atoms. The summed E-state index contributed by atoms with van der Waals surface area (Å²) < 4.78 is 47.5. The fourth-order valence-electron chi connectivity index (χ4n) is 3.04. The summed E-state index contributed by atoms with van der Waals surface area (Å²) in [6.45, 7) is 2.67. The van der Waals surface area contributed by atoms with Crippen molar-refractivity contribution in [2.24, 2.45) is 0 Å². The van der Waals surface area contributed by atoms with Gasteiger partial charge in [-0.1, -0.05) is 11.6 Å². The number of carbonyl (C=O) groups excluding carboxylic acids is 1. The lowest BCUT2D eigenvalue weighted by molar-refractivity contribution is -0.136. The summed E-state index contributed by atoms with van der Waals surface area (Å²) in [6, 6.07) is 4.88. The number of benzene rings is 1. The van der Waals surface area contributed by atoms with Crippen LogP contribution in [-0.2, 0) is 4.74 Å². The van der Waals surface area contributed by atoms with E-state index in [1.165, 1.54) is 0 Å². The van der Waals surface area contributed by atoms with Crippen LogP contribution >= 0.6 is 11.6 Å². The van der Waals surface area contributed by atoms with Gasteiger partial charge in [-0.25, -0.2) is 0 Å². The first kappa shape index (κ1) is 22.8. The molecule has 0 aromatic heterocycles. The lowest BCUT2D eigenvalue weighted by Gasteiger charge is -2.32. The number of likely N-dealkylation sites (tertiary alicyclic amines) is 1. The molecular weight excluding hydrogens is 397 g/mol. The normalized spacial score (nSPS) is 16.2. The number of hydrogen-bond donors (Lipinski definition) is 1. The van der Waals surface area contributed by atoms with Crippen LogP contribution in [0.3, 0.4) is 0 Å². The Hall–Kier alpha value is -1.51. The topological polar surface area (TPSA) is 50.8 Å². The summed E-state index contributed by atoms with van der Waals surface area (Å²) in [6.07, 6.45) is -3.31. The molecule has 1 amide bonds. The third-order valence-electron chi connectivity index (χ3n) is 4.55. The van der Waals surface area contributed by atoms with Gasteiger partial charge in [0.25, 0.3) is 5.91 Å². The average Bonchev–Trinajstić information content (AvgIpc) is 2.64. The van der Waals surface area contributed by atoms with E-state index in [1.54, 1.807) is 25.3 Å². The van der Waals surface area contributed by atoms with Gasteiger partial charge < -0.3 is 19.7 Å². The molecule has 158 valence electrons. The fraction of sp³-hybridized carbons (Fsp3) is 0.632. The summed E-state index contributed by atoms with van der Waals surface area (Å²) in [5.74, 6) is 0.267. The van der Waals surface area contributed by atoms with Crippen LogP contribution in [0.1, 0.15) is 36.0 Å². The van der Waals surface area contributed by atoms with E-state index in [0.717, 1.165) is 12.8 Å². The number of nitrogens with one attached hydrogen (secondary N) is 1. The predicted molar refractivity (Wildman–Crippen MR) is 101 cm³/mol. The van der Waals surface area contributed by atoms with Crippen LogP contribution in [0.15, 0.2) is 18.2 Å². The molecule has 0 aliphatic carbocycles. The highest BCUT2D eigenvalue weighted by Crippen LogP contribution is 2.29. The zero-order valence-corrected chi connectivity index (χ0v) is 16.6. The van der Waals surface area contributed by atoms with Crippen molar-refractivity contribution in [2.45, 2.75) is 38.0 Å². The first-order valence-electron chi connectivity index (χ1n) is 9.31. The van der Waals surface area contributed by atoms with Gasteiger partial charge in [0, 0.05) is 38.7 Å². The van der Waals surface area contributed by atoms with Crippen LogP contribution in [0.5, 0.6) is 5.75 Å². The Morgan fingerprint density at radius 3 is 2.64 bits per heavy atom. The van der Waals surface area contributed by atoms with Gasteiger partial charge in [0.2, 0.25) is 0 Å². The van der Waals surface area contributed by atoms with Crippen LogP contribution in [0.4, 0.5) is 13.2 Å². The second-order valence-corrected chi connectivity index (χ2v) is 7.18. The molecule has 1 aromatic rings. The van der Waals surface area contributed by atoms with Gasteiger partial charge in [-0.05, 0) is 44.0 Å². The largest absolute Gasteiger partial charge is 0.489 e. The molecule has 2 rings (SSSR count). The van der Waals surface area contributed by atoms with E-state index in [4.69, 9.17) is 21.1 Å². The van der Waals surface area contributed by atoms with E-state index < -0.39 is 12.6 Å². The Morgan fingerprint density at radius 2 is 2.04 bits per heavy atom. The molecule has 0 unspecified atom stereocenters. The van der Waals surface area contributed by atoms with Crippen LogP contribution in [-0.4, -0.2) is 63.0 Å². The number of carbonyl (C=O) groups is 1. The molecule has 0 radical (unpaired) electrons. The van der Waals surface area contributed by atoms with Gasteiger partial charge >= 0.3 is 6.18 Å². The standard InChI is InChI=1S/C19H26ClF3N2O3/c1-27-12-8-24-18(26)14-3-4-17(16(20)13-14)28-15-5-10-25(11-6-15)9-2-7-19(21,22)23/h3-4,13,15H,2,5-12H2,1H3,(H,24,26). The zero-order chi connectivity index (χ0) is 20.6. The Balaban J connectivity index is 1.77. The van der Waals surface area contributed by atoms with Gasteiger partial charge in [-0.15, -0.1) is 0 Å². The average molecular weight is 423 g/mol. The minimum atomic E-state index is -4.09. The van der Waals surface area contributed by atoms with Crippen LogP contribution in [0, 0.1) is 0 Å². The molecule has 0 saturated carbocycles. The maximum Gasteiger partial charge on any atom is 0.389 e. The second kappa shape index (κ2) is 10.9. The van der Waals surface area contributed by atoms with E-state index in [9.17, 15) is 18.0 Å². The molecule has 1 aliphatic rings. The lowest BCUT2D eigenvalue weighted by atomic mass is 10.1. The molecular formula is C19H26ClF3N2O3. The SMILES string of the molecule is COCCNC(=O)c1ccc(OC2CCN(CCCC(F)(F)F)CC2)c(Cl)c1. The molecule has 5 nitrogen and oxygen atoms in total.